The normalized spacial score (nSPS) is 45.7. The van der Waals surface area contributed by atoms with Crippen molar-refractivity contribution in [1.82, 2.24) is 0 Å². The van der Waals surface area contributed by atoms with E-state index in [0.29, 0.717) is 0 Å². The molecule has 1 aliphatic rings. The Morgan fingerprint density at radius 1 is 0.750 bits per heavy atom. The second-order valence-electron chi connectivity index (χ2n) is 3.51. The molecular weight excluding hydrogens is 247 g/mol. The van der Waals surface area contributed by atoms with Crippen molar-refractivity contribution in [2.45, 2.75) is 36.6 Å². The summed E-state index contributed by atoms with van der Waals surface area (Å²) in [5.74, 6) is 0. The van der Waals surface area contributed by atoms with Gasteiger partial charge in [-0.05, 0) is 0 Å². The van der Waals surface area contributed by atoms with E-state index in [1.165, 1.54) is 0 Å². The molecule has 0 radical (unpaired) electrons. The summed E-state index contributed by atoms with van der Waals surface area (Å²) in [6.07, 6.45) is -11.3. The SMILES string of the molecule is O=P(O)(O)O[C@H]1[C@@H](O)[C@@H](O)[C@@H](O)[C@H](O)[C@@H]1O. The van der Waals surface area contributed by atoms with Crippen LogP contribution in [0.1, 0.15) is 0 Å². The molecule has 0 unspecified atom stereocenters. The monoisotopic (exact) mass is 260 g/mol. The zero-order valence-corrected chi connectivity index (χ0v) is 8.75. The summed E-state index contributed by atoms with van der Waals surface area (Å²) >= 11 is 0. The van der Waals surface area contributed by atoms with E-state index in [1.807, 2.05) is 0 Å². The smallest absolute Gasteiger partial charge is 0.387 e. The van der Waals surface area contributed by atoms with Gasteiger partial charge >= 0.3 is 7.82 Å². The van der Waals surface area contributed by atoms with Crippen LogP contribution in [0.15, 0.2) is 0 Å². The molecule has 10 heteroatoms. The average Bonchev–Trinajstić information content (AvgIpc) is 2.17. The Balaban J connectivity index is 2.87. The number of aliphatic hydroxyl groups excluding tert-OH is 5. The molecule has 1 rings (SSSR count). The fourth-order valence-corrected chi connectivity index (χ4v) is 2.05. The standard InChI is InChI=1S/C6H13O9P/c7-1-2(8)4(10)6(5(11)3(1)9)15-16(12,13)14/h1-11H,(H2,12,13,14)/t1-,2-,3-,4-,5-,6+/m0/s1. The third kappa shape index (κ3) is 2.77. The molecule has 1 fully saturated rings. The fourth-order valence-electron chi connectivity index (χ4n) is 1.48. The van der Waals surface area contributed by atoms with Gasteiger partial charge < -0.3 is 35.3 Å². The number of hydrogen-bond donors (Lipinski definition) is 7. The minimum absolute atomic E-state index is 1.83. The lowest BCUT2D eigenvalue weighted by molar-refractivity contribution is -0.219. The first kappa shape index (κ1) is 14.0. The second-order valence-corrected chi connectivity index (χ2v) is 4.71. The molecule has 1 saturated carbocycles. The topological polar surface area (TPSA) is 168 Å². The van der Waals surface area contributed by atoms with Gasteiger partial charge in [-0.2, -0.15) is 0 Å². The molecule has 0 heterocycles. The van der Waals surface area contributed by atoms with E-state index in [-0.39, 0.29) is 0 Å². The van der Waals surface area contributed by atoms with Crippen molar-refractivity contribution >= 4 is 7.82 Å². The summed E-state index contributed by atoms with van der Waals surface area (Å²) in [5.41, 5.74) is 0. The molecular formula is C6H13O9P. The molecule has 0 bridgehead atoms. The largest absolute Gasteiger partial charge is 0.470 e. The highest BCUT2D eigenvalue weighted by atomic mass is 31.2. The summed E-state index contributed by atoms with van der Waals surface area (Å²) < 4.78 is 14.5. The number of phosphoric ester groups is 1. The van der Waals surface area contributed by atoms with Crippen LogP contribution in [-0.4, -0.2) is 71.9 Å². The van der Waals surface area contributed by atoms with E-state index in [1.54, 1.807) is 0 Å². The van der Waals surface area contributed by atoms with Crippen molar-refractivity contribution in [3.63, 3.8) is 0 Å². The maximum atomic E-state index is 10.5. The summed E-state index contributed by atoms with van der Waals surface area (Å²) in [6.45, 7) is 0. The van der Waals surface area contributed by atoms with Gasteiger partial charge in [0, 0.05) is 0 Å². The van der Waals surface area contributed by atoms with E-state index in [0.717, 1.165) is 0 Å². The average molecular weight is 260 g/mol. The van der Waals surface area contributed by atoms with E-state index >= 15 is 0 Å². The van der Waals surface area contributed by atoms with E-state index in [4.69, 9.17) is 14.9 Å². The van der Waals surface area contributed by atoms with Crippen molar-refractivity contribution < 1.29 is 44.4 Å². The lowest BCUT2D eigenvalue weighted by atomic mass is 9.85. The Morgan fingerprint density at radius 3 is 1.38 bits per heavy atom. The van der Waals surface area contributed by atoms with E-state index < -0.39 is 44.4 Å². The Morgan fingerprint density at radius 2 is 1.06 bits per heavy atom. The predicted molar refractivity (Wildman–Crippen MR) is 47.0 cm³/mol. The van der Waals surface area contributed by atoms with Crippen LogP contribution in [0, 0.1) is 0 Å². The lowest BCUT2D eigenvalue weighted by Crippen LogP contribution is -2.64. The Hall–Kier alpha value is -0.0900. The number of hydrogen-bond acceptors (Lipinski definition) is 7. The van der Waals surface area contributed by atoms with Gasteiger partial charge in [0.05, 0.1) is 0 Å². The summed E-state index contributed by atoms with van der Waals surface area (Å²) in [5, 5.41) is 46.1. The minimum Gasteiger partial charge on any atom is -0.387 e. The van der Waals surface area contributed by atoms with Crippen LogP contribution in [0.5, 0.6) is 0 Å². The minimum atomic E-state index is -5.01. The van der Waals surface area contributed by atoms with Crippen LogP contribution in [0.4, 0.5) is 0 Å². The van der Waals surface area contributed by atoms with Crippen LogP contribution in [-0.2, 0) is 9.09 Å². The molecule has 0 amide bonds. The third-order valence-corrected chi connectivity index (χ3v) is 2.85. The van der Waals surface area contributed by atoms with Gasteiger partial charge in [-0.25, -0.2) is 4.57 Å². The predicted octanol–water partition coefficient (Wildman–Crippen LogP) is -3.72. The van der Waals surface area contributed by atoms with E-state index in [2.05, 4.69) is 4.52 Å². The molecule has 0 aromatic rings. The van der Waals surface area contributed by atoms with Gasteiger partial charge in [0.1, 0.15) is 36.6 Å². The molecule has 0 spiro atoms. The molecule has 96 valence electrons. The van der Waals surface area contributed by atoms with Crippen molar-refractivity contribution in [3.05, 3.63) is 0 Å². The highest BCUT2D eigenvalue weighted by Gasteiger charge is 2.50. The van der Waals surface area contributed by atoms with Crippen molar-refractivity contribution in [2.75, 3.05) is 0 Å². The summed E-state index contributed by atoms with van der Waals surface area (Å²) in [6, 6.07) is 0. The Kier molecular flexibility index (Phi) is 4.06. The summed E-state index contributed by atoms with van der Waals surface area (Å²) in [4.78, 5) is 17.0. The molecule has 4 atom stereocenters. The molecule has 0 saturated heterocycles. The summed E-state index contributed by atoms with van der Waals surface area (Å²) in [7, 11) is -5.01. The zero-order valence-electron chi connectivity index (χ0n) is 7.86. The number of phosphoric acid groups is 1. The molecule has 0 aromatic carbocycles. The quantitative estimate of drug-likeness (QED) is 0.247. The molecule has 9 nitrogen and oxygen atoms in total. The third-order valence-electron chi connectivity index (χ3n) is 2.33. The van der Waals surface area contributed by atoms with Gasteiger partial charge in [0.25, 0.3) is 0 Å². The van der Waals surface area contributed by atoms with Gasteiger partial charge in [-0.1, -0.05) is 0 Å². The number of rotatable bonds is 2. The van der Waals surface area contributed by atoms with Gasteiger partial charge in [-0.3, -0.25) is 4.52 Å². The maximum absolute atomic E-state index is 10.5. The first-order chi connectivity index (χ1) is 7.15. The van der Waals surface area contributed by atoms with Crippen LogP contribution in [0.25, 0.3) is 0 Å². The first-order valence-electron chi connectivity index (χ1n) is 4.29. The maximum Gasteiger partial charge on any atom is 0.470 e. The Labute approximate surface area is 89.8 Å². The van der Waals surface area contributed by atoms with Crippen molar-refractivity contribution in [1.29, 1.82) is 0 Å². The first-order valence-corrected chi connectivity index (χ1v) is 5.82. The van der Waals surface area contributed by atoms with Crippen LogP contribution < -0.4 is 0 Å². The molecule has 16 heavy (non-hydrogen) atoms. The zero-order chi connectivity index (χ0) is 12.7. The van der Waals surface area contributed by atoms with Crippen LogP contribution in [0.3, 0.4) is 0 Å². The van der Waals surface area contributed by atoms with Gasteiger partial charge in [-0.15, -0.1) is 0 Å². The second kappa shape index (κ2) is 4.65. The molecule has 1 aliphatic carbocycles. The fraction of sp³-hybridized carbons (Fsp3) is 1.00. The number of aliphatic hydroxyl groups is 5. The lowest BCUT2D eigenvalue weighted by Gasteiger charge is -2.41. The van der Waals surface area contributed by atoms with Crippen molar-refractivity contribution in [2.24, 2.45) is 0 Å². The Bertz CT molecular complexity index is 274. The van der Waals surface area contributed by atoms with Crippen LogP contribution in [0.2, 0.25) is 0 Å². The van der Waals surface area contributed by atoms with Crippen LogP contribution >= 0.6 is 7.82 Å². The molecule has 0 aliphatic heterocycles. The van der Waals surface area contributed by atoms with Gasteiger partial charge in [0.2, 0.25) is 0 Å². The molecule has 7 N–H and O–H groups in total. The van der Waals surface area contributed by atoms with Gasteiger partial charge in [0.15, 0.2) is 0 Å². The van der Waals surface area contributed by atoms with E-state index in [9.17, 15) is 25.0 Å². The highest BCUT2D eigenvalue weighted by Crippen LogP contribution is 2.41. The molecule has 0 aromatic heterocycles. The van der Waals surface area contributed by atoms with Crippen molar-refractivity contribution in [3.8, 4) is 0 Å². The highest BCUT2D eigenvalue weighted by molar-refractivity contribution is 7.46.